The zero-order valence-corrected chi connectivity index (χ0v) is 12.0. The fraction of sp³-hybridized carbons (Fsp3) is 0.538. The number of phenols is 1. The molecule has 1 unspecified atom stereocenters. The van der Waals surface area contributed by atoms with Crippen molar-refractivity contribution in [1.82, 2.24) is 5.32 Å². The summed E-state index contributed by atoms with van der Waals surface area (Å²) in [5.74, 6) is 0.313. The molecule has 0 aliphatic carbocycles. The lowest BCUT2D eigenvalue weighted by Gasteiger charge is -2.17. The number of halogens is 1. The minimum Gasteiger partial charge on any atom is -0.506 e. The highest BCUT2D eigenvalue weighted by atomic mass is 79.9. The molecule has 0 saturated heterocycles. The molecule has 0 amide bonds. The molecular formula is C13H20BrNO2. The number of hydrogen-bond acceptors (Lipinski definition) is 3. The van der Waals surface area contributed by atoms with Crippen molar-refractivity contribution in [2.75, 3.05) is 13.7 Å². The van der Waals surface area contributed by atoms with Crippen molar-refractivity contribution < 1.29 is 9.84 Å². The molecule has 96 valence electrons. The van der Waals surface area contributed by atoms with E-state index < -0.39 is 0 Å². The second-order valence-electron chi connectivity index (χ2n) is 4.07. The van der Waals surface area contributed by atoms with Gasteiger partial charge in [0.25, 0.3) is 0 Å². The Labute approximate surface area is 111 Å². The van der Waals surface area contributed by atoms with E-state index in [1.807, 2.05) is 18.2 Å². The summed E-state index contributed by atoms with van der Waals surface area (Å²) >= 11 is 3.31. The van der Waals surface area contributed by atoms with E-state index in [9.17, 15) is 5.11 Å². The maximum Gasteiger partial charge on any atom is 0.134 e. The molecule has 1 aromatic rings. The molecule has 0 bridgehead atoms. The zero-order valence-electron chi connectivity index (χ0n) is 10.4. The van der Waals surface area contributed by atoms with Crippen LogP contribution in [-0.2, 0) is 11.3 Å². The third-order valence-electron chi connectivity index (χ3n) is 2.66. The molecule has 0 fully saturated rings. The van der Waals surface area contributed by atoms with Crippen LogP contribution in [0.1, 0.15) is 25.3 Å². The van der Waals surface area contributed by atoms with Crippen molar-refractivity contribution >= 4 is 15.9 Å². The summed E-state index contributed by atoms with van der Waals surface area (Å²) in [5, 5.41) is 13.3. The van der Waals surface area contributed by atoms with E-state index in [2.05, 4.69) is 28.2 Å². The molecule has 2 N–H and O–H groups in total. The Morgan fingerprint density at radius 2 is 2.24 bits per heavy atom. The number of hydrogen-bond donors (Lipinski definition) is 2. The number of methoxy groups -OCH3 is 1. The van der Waals surface area contributed by atoms with Gasteiger partial charge in [-0.15, -0.1) is 0 Å². The summed E-state index contributed by atoms with van der Waals surface area (Å²) in [5.41, 5.74) is 0.900. The van der Waals surface area contributed by atoms with E-state index >= 15 is 0 Å². The molecule has 17 heavy (non-hydrogen) atoms. The molecule has 0 aliphatic rings. The third kappa shape index (κ3) is 4.66. The lowest BCUT2D eigenvalue weighted by molar-refractivity contribution is 0.161. The fourth-order valence-corrected chi connectivity index (χ4v) is 2.16. The topological polar surface area (TPSA) is 41.5 Å². The summed E-state index contributed by atoms with van der Waals surface area (Å²) in [6.45, 7) is 3.50. The van der Waals surface area contributed by atoms with Crippen LogP contribution in [0.3, 0.4) is 0 Å². The Morgan fingerprint density at radius 3 is 2.88 bits per heavy atom. The fourth-order valence-electron chi connectivity index (χ4n) is 1.75. The van der Waals surface area contributed by atoms with Crippen LogP contribution in [0.25, 0.3) is 0 Å². The molecule has 1 atom stereocenters. The number of benzene rings is 1. The van der Waals surface area contributed by atoms with Crippen LogP contribution in [-0.4, -0.2) is 24.9 Å². The normalized spacial score (nSPS) is 12.6. The van der Waals surface area contributed by atoms with Crippen LogP contribution in [0.2, 0.25) is 0 Å². The Bertz CT molecular complexity index is 338. The first kappa shape index (κ1) is 14.5. The van der Waals surface area contributed by atoms with Gasteiger partial charge in [-0.05, 0) is 28.4 Å². The Balaban J connectivity index is 2.55. The lowest BCUT2D eigenvalue weighted by atomic mass is 10.1. The first-order valence-electron chi connectivity index (χ1n) is 5.87. The molecule has 0 heterocycles. The van der Waals surface area contributed by atoms with Gasteiger partial charge in [-0.2, -0.15) is 0 Å². The van der Waals surface area contributed by atoms with Gasteiger partial charge in [0.15, 0.2) is 0 Å². The van der Waals surface area contributed by atoms with Crippen molar-refractivity contribution in [2.24, 2.45) is 0 Å². The van der Waals surface area contributed by atoms with E-state index in [4.69, 9.17) is 4.74 Å². The SMILES string of the molecule is CCCC(COC)NCc1cccc(Br)c1O. The van der Waals surface area contributed by atoms with Crippen LogP contribution in [0.5, 0.6) is 5.75 Å². The monoisotopic (exact) mass is 301 g/mol. The molecule has 3 nitrogen and oxygen atoms in total. The number of para-hydroxylation sites is 1. The highest BCUT2D eigenvalue weighted by molar-refractivity contribution is 9.10. The summed E-state index contributed by atoms with van der Waals surface area (Å²) < 4.78 is 5.90. The highest BCUT2D eigenvalue weighted by Gasteiger charge is 2.09. The van der Waals surface area contributed by atoms with Crippen LogP contribution >= 0.6 is 15.9 Å². The van der Waals surface area contributed by atoms with E-state index in [-0.39, 0.29) is 0 Å². The second kappa shape index (κ2) is 7.69. The Kier molecular flexibility index (Phi) is 6.55. The summed E-state index contributed by atoms with van der Waals surface area (Å²) in [7, 11) is 1.71. The first-order chi connectivity index (χ1) is 8.19. The minimum absolute atomic E-state index is 0.313. The number of rotatable bonds is 7. The van der Waals surface area contributed by atoms with E-state index in [0.29, 0.717) is 24.9 Å². The molecule has 0 spiro atoms. The predicted molar refractivity (Wildman–Crippen MR) is 73.2 cm³/mol. The average molecular weight is 302 g/mol. The van der Waals surface area contributed by atoms with Gasteiger partial charge in [0, 0.05) is 25.3 Å². The largest absolute Gasteiger partial charge is 0.506 e. The van der Waals surface area contributed by atoms with Crippen molar-refractivity contribution in [2.45, 2.75) is 32.4 Å². The van der Waals surface area contributed by atoms with Crippen LogP contribution in [0, 0.1) is 0 Å². The van der Waals surface area contributed by atoms with Gasteiger partial charge in [0.2, 0.25) is 0 Å². The van der Waals surface area contributed by atoms with Crippen LogP contribution < -0.4 is 5.32 Å². The van der Waals surface area contributed by atoms with Crippen molar-refractivity contribution in [3.05, 3.63) is 28.2 Å². The van der Waals surface area contributed by atoms with E-state index in [0.717, 1.165) is 22.9 Å². The van der Waals surface area contributed by atoms with E-state index in [1.54, 1.807) is 7.11 Å². The molecule has 0 saturated carbocycles. The summed E-state index contributed by atoms with van der Waals surface area (Å²) in [6.07, 6.45) is 2.19. The summed E-state index contributed by atoms with van der Waals surface area (Å²) in [6, 6.07) is 6.01. The van der Waals surface area contributed by atoms with E-state index in [1.165, 1.54) is 0 Å². The van der Waals surface area contributed by atoms with Crippen LogP contribution in [0.4, 0.5) is 0 Å². The standard InChI is InChI=1S/C13H20BrNO2/c1-3-5-11(9-17-2)15-8-10-6-4-7-12(14)13(10)16/h4,6-7,11,15-16H,3,5,8-9H2,1-2H3. The quantitative estimate of drug-likeness (QED) is 0.813. The number of aromatic hydroxyl groups is 1. The first-order valence-corrected chi connectivity index (χ1v) is 6.67. The zero-order chi connectivity index (χ0) is 12.7. The van der Waals surface area contributed by atoms with Crippen molar-refractivity contribution in [1.29, 1.82) is 0 Å². The highest BCUT2D eigenvalue weighted by Crippen LogP contribution is 2.27. The molecule has 4 heteroatoms. The second-order valence-corrected chi connectivity index (χ2v) is 4.92. The predicted octanol–water partition coefficient (Wildman–Crippen LogP) is 3.06. The van der Waals surface area contributed by atoms with Gasteiger partial charge in [-0.3, -0.25) is 0 Å². The Hall–Kier alpha value is -0.580. The van der Waals surface area contributed by atoms with Gasteiger partial charge >= 0.3 is 0 Å². The van der Waals surface area contributed by atoms with Gasteiger partial charge in [0.1, 0.15) is 5.75 Å². The van der Waals surface area contributed by atoms with Crippen molar-refractivity contribution in [3.8, 4) is 5.75 Å². The van der Waals surface area contributed by atoms with Gasteiger partial charge < -0.3 is 15.2 Å². The van der Waals surface area contributed by atoms with Gasteiger partial charge in [-0.1, -0.05) is 25.5 Å². The third-order valence-corrected chi connectivity index (χ3v) is 3.30. The molecule has 1 rings (SSSR count). The maximum absolute atomic E-state index is 9.85. The maximum atomic E-state index is 9.85. The van der Waals surface area contributed by atoms with Gasteiger partial charge in [-0.25, -0.2) is 0 Å². The summed E-state index contributed by atoms with van der Waals surface area (Å²) in [4.78, 5) is 0. The lowest BCUT2D eigenvalue weighted by Crippen LogP contribution is -2.32. The van der Waals surface area contributed by atoms with Crippen molar-refractivity contribution in [3.63, 3.8) is 0 Å². The molecule has 0 aliphatic heterocycles. The molecule has 1 aromatic carbocycles. The smallest absolute Gasteiger partial charge is 0.134 e. The minimum atomic E-state index is 0.313. The average Bonchev–Trinajstić information content (AvgIpc) is 2.31. The molecule has 0 radical (unpaired) electrons. The Morgan fingerprint density at radius 1 is 1.47 bits per heavy atom. The number of ether oxygens (including phenoxy) is 1. The van der Waals surface area contributed by atoms with Crippen LogP contribution in [0.15, 0.2) is 22.7 Å². The number of phenolic OH excluding ortho intramolecular Hbond substituents is 1. The molecular weight excluding hydrogens is 282 g/mol. The van der Waals surface area contributed by atoms with Gasteiger partial charge in [0.05, 0.1) is 11.1 Å². The number of nitrogens with one attached hydrogen (secondary N) is 1. The molecule has 0 aromatic heterocycles.